The molecular formula is C22H28N2O. The Labute approximate surface area is 151 Å². The van der Waals surface area contributed by atoms with Crippen LogP contribution in [0.3, 0.4) is 0 Å². The predicted molar refractivity (Wildman–Crippen MR) is 105 cm³/mol. The summed E-state index contributed by atoms with van der Waals surface area (Å²) in [4.78, 5) is 12.2. The Balaban J connectivity index is 2.01. The van der Waals surface area contributed by atoms with E-state index in [1.165, 1.54) is 11.1 Å². The molecule has 132 valence electrons. The van der Waals surface area contributed by atoms with Crippen LogP contribution in [0.2, 0.25) is 0 Å². The fraction of sp³-hybridized carbons (Fsp3) is 0.364. The summed E-state index contributed by atoms with van der Waals surface area (Å²) in [5, 5.41) is 4.25. The van der Waals surface area contributed by atoms with Crippen LogP contribution in [0.5, 0.6) is 0 Å². The summed E-state index contributed by atoms with van der Waals surface area (Å²) >= 11 is 0. The van der Waals surface area contributed by atoms with Gasteiger partial charge in [-0.05, 0) is 48.4 Å². The zero-order valence-electron chi connectivity index (χ0n) is 16.1. The number of amides is 1. The van der Waals surface area contributed by atoms with Crippen LogP contribution in [0.25, 0.3) is 0 Å². The van der Waals surface area contributed by atoms with Crippen molar-refractivity contribution in [3.63, 3.8) is 0 Å². The Morgan fingerprint density at radius 2 is 1.68 bits per heavy atom. The first-order valence-electron chi connectivity index (χ1n) is 8.67. The van der Waals surface area contributed by atoms with E-state index in [2.05, 4.69) is 68.6 Å². The number of rotatable bonds is 4. The monoisotopic (exact) mass is 336 g/mol. The van der Waals surface area contributed by atoms with E-state index < -0.39 is 0 Å². The molecule has 0 bridgehead atoms. The molecule has 0 aliphatic carbocycles. The maximum absolute atomic E-state index is 12.2. The molecule has 0 fully saturated rings. The van der Waals surface area contributed by atoms with Crippen molar-refractivity contribution in [2.24, 2.45) is 5.10 Å². The summed E-state index contributed by atoms with van der Waals surface area (Å²) in [6, 6.07) is 14.5. The number of carbonyl (C=O) groups excluding carboxylic acids is 1. The lowest BCUT2D eigenvalue weighted by molar-refractivity contribution is -0.120. The van der Waals surface area contributed by atoms with Crippen LogP contribution in [0.4, 0.5) is 0 Å². The SMILES string of the molecule is C/C(=N\NC(=O)Cc1ccc(C)cc1C)c1ccc(C(C)(C)C)cc1. The molecule has 0 aliphatic rings. The fourth-order valence-corrected chi connectivity index (χ4v) is 2.68. The first kappa shape index (κ1) is 18.9. The average Bonchev–Trinajstić information content (AvgIpc) is 2.54. The second-order valence-corrected chi connectivity index (χ2v) is 7.67. The Morgan fingerprint density at radius 1 is 1.04 bits per heavy atom. The van der Waals surface area contributed by atoms with Gasteiger partial charge in [0.25, 0.3) is 0 Å². The molecule has 25 heavy (non-hydrogen) atoms. The van der Waals surface area contributed by atoms with Gasteiger partial charge in [-0.3, -0.25) is 4.79 Å². The third-order valence-corrected chi connectivity index (χ3v) is 4.37. The molecule has 2 aromatic rings. The Bertz CT molecular complexity index is 781. The van der Waals surface area contributed by atoms with E-state index in [4.69, 9.17) is 0 Å². The molecule has 0 aliphatic heterocycles. The van der Waals surface area contributed by atoms with Crippen molar-refractivity contribution >= 4 is 11.6 Å². The molecule has 3 heteroatoms. The van der Waals surface area contributed by atoms with Gasteiger partial charge in [-0.2, -0.15) is 5.10 Å². The summed E-state index contributed by atoms with van der Waals surface area (Å²) in [6.07, 6.45) is 0.339. The third-order valence-electron chi connectivity index (χ3n) is 4.37. The van der Waals surface area contributed by atoms with Crippen LogP contribution >= 0.6 is 0 Å². The first-order chi connectivity index (χ1) is 11.7. The molecule has 0 saturated heterocycles. The van der Waals surface area contributed by atoms with Crippen LogP contribution in [0, 0.1) is 13.8 Å². The minimum absolute atomic E-state index is 0.0994. The normalized spacial score (nSPS) is 12.2. The van der Waals surface area contributed by atoms with Crippen LogP contribution < -0.4 is 5.43 Å². The lowest BCUT2D eigenvalue weighted by Crippen LogP contribution is -2.21. The highest BCUT2D eigenvalue weighted by Gasteiger charge is 2.13. The Kier molecular flexibility index (Phi) is 5.78. The van der Waals surface area contributed by atoms with E-state index in [1.807, 2.05) is 26.0 Å². The summed E-state index contributed by atoms with van der Waals surface area (Å²) in [5.41, 5.74) is 9.26. The molecule has 0 spiro atoms. The smallest absolute Gasteiger partial charge is 0.244 e. The van der Waals surface area contributed by atoms with E-state index >= 15 is 0 Å². The summed E-state index contributed by atoms with van der Waals surface area (Å²) in [5.74, 6) is -0.0994. The van der Waals surface area contributed by atoms with Crippen molar-refractivity contribution in [3.8, 4) is 0 Å². The molecule has 0 unspecified atom stereocenters. The highest BCUT2D eigenvalue weighted by molar-refractivity contribution is 5.99. The van der Waals surface area contributed by atoms with Gasteiger partial charge in [-0.15, -0.1) is 0 Å². The summed E-state index contributed by atoms with van der Waals surface area (Å²) in [7, 11) is 0. The number of benzene rings is 2. The molecule has 0 saturated carbocycles. The maximum atomic E-state index is 12.2. The highest BCUT2D eigenvalue weighted by Crippen LogP contribution is 2.22. The van der Waals surface area contributed by atoms with E-state index in [0.29, 0.717) is 6.42 Å². The van der Waals surface area contributed by atoms with Gasteiger partial charge < -0.3 is 0 Å². The molecule has 1 amide bonds. The largest absolute Gasteiger partial charge is 0.273 e. The number of carbonyl (C=O) groups is 1. The van der Waals surface area contributed by atoms with Crippen LogP contribution in [-0.2, 0) is 16.6 Å². The lowest BCUT2D eigenvalue weighted by Gasteiger charge is -2.19. The molecule has 1 N–H and O–H groups in total. The predicted octanol–water partition coefficient (Wildman–Crippen LogP) is 4.68. The molecule has 0 aromatic heterocycles. The van der Waals surface area contributed by atoms with Gasteiger partial charge in [0.1, 0.15) is 0 Å². The van der Waals surface area contributed by atoms with Gasteiger partial charge in [0, 0.05) is 0 Å². The second kappa shape index (κ2) is 7.64. The van der Waals surface area contributed by atoms with Gasteiger partial charge in [-0.25, -0.2) is 5.43 Å². The topological polar surface area (TPSA) is 41.5 Å². The number of aryl methyl sites for hydroxylation is 2. The molecule has 2 rings (SSSR count). The fourth-order valence-electron chi connectivity index (χ4n) is 2.68. The third kappa shape index (κ3) is 5.28. The minimum atomic E-state index is -0.0994. The molecule has 0 radical (unpaired) electrons. The summed E-state index contributed by atoms with van der Waals surface area (Å²) in [6.45, 7) is 12.6. The Hall–Kier alpha value is -2.42. The van der Waals surface area contributed by atoms with E-state index in [1.54, 1.807) is 0 Å². The second-order valence-electron chi connectivity index (χ2n) is 7.67. The van der Waals surface area contributed by atoms with E-state index in [0.717, 1.165) is 22.4 Å². The average molecular weight is 336 g/mol. The molecule has 3 nitrogen and oxygen atoms in total. The van der Waals surface area contributed by atoms with Crippen LogP contribution in [-0.4, -0.2) is 11.6 Å². The van der Waals surface area contributed by atoms with Crippen molar-refractivity contribution in [2.45, 2.75) is 53.4 Å². The van der Waals surface area contributed by atoms with Crippen molar-refractivity contribution < 1.29 is 4.79 Å². The van der Waals surface area contributed by atoms with E-state index in [9.17, 15) is 4.79 Å². The molecule has 0 heterocycles. The van der Waals surface area contributed by atoms with Crippen LogP contribution in [0.15, 0.2) is 47.6 Å². The molecule has 2 aromatic carbocycles. The maximum Gasteiger partial charge on any atom is 0.244 e. The zero-order valence-corrected chi connectivity index (χ0v) is 16.1. The van der Waals surface area contributed by atoms with Crippen molar-refractivity contribution in [3.05, 3.63) is 70.3 Å². The number of nitrogens with zero attached hydrogens (tertiary/aromatic N) is 1. The Morgan fingerprint density at radius 3 is 2.24 bits per heavy atom. The van der Waals surface area contributed by atoms with E-state index in [-0.39, 0.29) is 11.3 Å². The minimum Gasteiger partial charge on any atom is -0.273 e. The number of hydrogen-bond acceptors (Lipinski definition) is 2. The molecule has 0 atom stereocenters. The first-order valence-corrected chi connectivity index (χ1v) is 8.67. The molecular weight excluding hydrogens is 308 g/mol. The highest BCUT2D eigenvalue weighted by atomic mass is 16.2. The van der Waals surface area contributed by atoms with Crippen LogP contribution in [0.1, 0.15) is 55.5 Å². The van der Waals surface area contributed by atoms with Crippen molar-refractivity contribution in [1.29, 1.82) is 0 Å². The zero-order chi connectivity index (χ0) is 18.6. The quantitative estimate of drug-likeness (QED) is 0.639. The van der Waals surface area contributed by atoms with Gasteiger partial charge in [0.15, 0.2) is 0 Å². The number of hydrogen-bond donors (Lipinski definition) is 1. The lowest BCUT2D eigenvalue weighted by atomic mass is 9.86. The van der Waals surface area contributed by atoms with Gasteiger partial charge in [0.05, 0.1) is 12.1 Å². The van der Waals surface area contributed by atoms with Gasteiger partial charge >= 0.3 is 0 Å². The number of nitrogens with one attached hydrogen (secondary N) is 1. The number of hydrazone groups is 1. The van der Waals surface area contributed by atoms with Gasteiger partial charge in [-0.1, -0.05) is 68.8 Å². The summed E-state index contributed by atoms with van der Waals surface area (Å²) < 4.78 is 0. The van der Waals surface area contributed by atoms with Crippen molar-refractivity contribution in [1.82, 2.24) is 5.43 Å². The standard InChI is InChI=1S/C22H28N2O/c1-15-7-8-19(16(2)13-15)14-21(25)24-23-17(3)18-9-11-20(12-10-18)22(4,5)6/h7-13H,14H2,1-6H3,(H,24,25)/b23-17+. The van der Waals surface area contributed by atoms with Gasteiger partial charge in [0.2, 0.25) is 5.91 Å². The van der Waals surface area contributed by atoms with Crippen molar-refractivity contribution in [2.75, 3.05) is 0 Å².